The lowest BCUT2D eigenvalue weighted by Gasteiger charge is -2.39. The van der Waals surface area contributed by atoms with Crippen molar-refractivity contribution in [3.05, 3.63) is 71.8 Å². The van der Waals surface area contributed by atoms with E-state index in [0.717, 1.165) is 18.4 Å². The second-order valence-electron chi connectivity index (χ2n) is 7.19. The van der Waals surface area contributed by atoms with Crippen LogP contribution in [-0.2, 0) is 27.1 Å². The molecule has 1 fully saturated rings. The van der Waals surface area contributed by atoms with Gasteiger partial charge in [-0.15, -0.1) is 0 Å². The molecule has 156 valence electrons. The van der Waals surface area contributed by atoms with Gasteiger partial charge in [0.1, 0.15) is 12.9 Å². The molecule has 0 bridgehead atoms. The van der Waals surface area contributed by atoms with Crippen LogP contribution in [0.2, 0.25) is 0 Å². The SMILES string of the molecule is COCCOCO[C@@H]1C(CCc2ccccc2)NC(=O)N[C@@H]1Cc1ccccc1. The topological polar surface area (TPSA) is 68.8 Å². The van der Waals surface area contributed by atoms with E-state index in [-0.39, 0.29) is 31.0 Å². The molecule has 1 aliphatic rings. The lowest BCUT2D eigenvalue weighted by Crippen LogP contribution is -2.64. The Labute approximate surface area is 172 Å². The van der Waals surface area contributed by atoms with Crippen molar-refractivity contribution in [3.8, 4) is 0 Å². The van der Waals surface area contributed by atoms with Crippen LogP contribution in [0.4, 0.5) is 4.79 Å². The molecule has 1 aliphatic heterocycles. The van der Waals surface area contributed by atoms with Gasteiger partial charge in [0.05, 0.1) is 25.3 Å². The van der Waals surface area contributed by atoms with Crippen LogP contribution in [0.1, 0.15) is 17.5 Å². The summed E-state index contributed by atoms with van der Waals surface area (Å²) >= 11 is 0. The molecule has 1 saturated heterocycles. The molecule has 3 rings (SSSR count). The Morgan fingerprint density at radius 3 is 2.21 bits per heavy atom. The molecule has 2 N–H and O–H groups in total. The van der Waals surface area contributed by atoms with Gasteiger partial charge in [-0.25, -0.2) is 4.79 Å². The fraction of sp³-hybridized carbons (Fsp3) is 0.435. The summed E-state index contributed by atoms with van der Waals surface area (Å²) in [6, 6.07) is 20.1. The van der Waals surface area contributed by atoms with Gasteiger partial charge in [0.2, 0.25) is 0 Å². The van der Waals surface area contributed by atoms with Crippen molar-refractivity contribution in [2.75, 3.05) is 27.1 Å². The summed E-state index contributed by atoms with van der Waals surface area (Å²) in [6.45, 7) is 1.16. The van der Waals surface area contributed by atoms with Crippen LogP contribution < -0.4 is 10.6 Å². The lowest BCUT2D eigenvalue weighted by molar-refractivity contribution is -0.118. The molecule has 1 heterocycles. The zero-order valence-electron chi connectivity index (χ0n) is 16.9. The maximum Gasteiger partial charge on any atom is 0.315 e. The number of methoxy groups -OCH3 is 1. The summed E-state index contributed by atoms with van der Waals surface area (Å²) in [6.07, 6.45) is 2.18. The van der Waals surface area contributed by atoms with Gasteiger partial charge < -0.3 is 24.8 Å². The number of ether oxygens (including phenoxy) is 3. The first-order chi connectivity index (χ1) is 14.3. The Morgan fingerprint density at radius 2 is 1.52 bits per heavy atom. The van der Waals surface area contributed by atoms with Crippen molar-refractivity contribution in [1.82, 2.24) is 10.6 Å². The molecule has 3 atom stereocenters. The number of carbonyl (C=O) groups excluding carboxylic acids is 1. The summed E-state index contributed by atoms with van der Waals surface area (Å²) in [5.41, 5.74) is 2.41. The maximum absolute atomic E-state index is 12.3. The molecule has 0 saturated carbocycles. The summed E-state index contributed by atoms with van der Waals surface area (Å²) in [5.74, 6) is 0. The molecule has 0 spiro atoms. The number of hydrogen-bond donors (Lipinski definition) is 2. The van der Waals surface area contributed by atoms with E-state index in [2.05, 4.69) is 34.9 Å². The summed E-state index contributed by atoms with van der Waals surface area (Å²) in [7, 11) is 1.64. The van der Waals surface area contributed by atoms with Crippen LogP contribution in [0.25, 0.3) is 0 Å². The van der Waals surface area contributed by atoms with E-state index in [4.69, 9.17) is 14.2 Å². The molecule has 6 heteroatoms. The number of rotatable bonds is 11. The Bertz CT molecular complexity index is 726. The van der Waals surface area contributed by atoms with Crippen LogP contribution in [0.5, 0.6) is 0 Å². The molecule has 29 heavy (non-hydrogen) atoms. The Balaban J connectivity index is 1.67. The minimum Gasteiger partial charge on any atom is -0.382 e. The number of carbonyl (C=O) groups is 1. The zero-order chi connectivity index (χ0) is 20.3. The average Bonchev–Trinajstić information content (AvgIpc) is 2.75. The Hall–Kier alpha value is -2.41. The molecule has 0 aromatic heterocycles. The average molecular weight is 399 g/mol. The van der Waals surface area contributed by atoms with Crippen molar-refractivity contribution < 1.29 is 19.0 Å². The van der Waals surface area contributed by atoms with E-state index < -0.39 is 0 Å². The first-order valence-electron chi connectivity index (χ1n) is 10.1. The van der Waals surface area contributed by atoms with Gasteiger partial charge in [-0.3, -0.25) is 0 Å². The molecular formula is C23H30N2O4. The van der Waals surface area contributed by atoms with Crippen LogP contribution in [-0.4, -0.2) is 51.3 Å². The minimum absolute atomic E-state index is 0.0938. The van der Waals surface area contributed by atoms with E-state index in [1.807, 2.05) is 36.4 Å². The zero-order valence-corrected chi connectivity index (χ0v) is 16.9. The van der Waals surface area contributed by atoms with Gasteiger partial charge in [-0.05, 0) is 30.4 Å². The Morgan fingerprint density at radius 1 is 0.862 bits per heavy atom. The van der Waals surface area contributed by atoms with Crippen molar-refractivity contribution in [2.45, 2.75) is 37.5 Å². The predicted octanol–water partition coefficient (Wildman–Crippen LogP) is 2.92. The monoisotopic (exact) mass is 398 g/mol. The molecule has 0 aliphatic carbocycles. The second kappa shape index (κ2) is 11.6. The largest absolute Gasteiger partial charge is 0.382 e. The molecule has 2 aromatic carbocycles. The van der Waals surface area contributed by atoms with Gasteiger partial charge in [0.25, 0.3) is 0 Å². The number of urea groups is 1. The summed E-state index contributed by atoms with van der Waals surface area (Å²) in [4.78, 5) is 12.3. The highest BCUT2D eigenvalue weighted by Crippen LogP contribution is 2.19. The third-order valence-corrected chi connectivity index (χ3v) is 5.09. The fourth-order valence-corrected chi connectivity index (χ4v) is 3.62. The first-order valence-corrected chi connectivity index (χ1v) is 10.1. The highest BCUT2D eigenvalue weighted by atomic mass is 16.7. The van der Waals surface area contributed by atoms with Crippen LogP contribution in [0.15, 0.2) is 60.7 Å². The number of hydrogen-bond acceptors (Lipinski definition) is 4. The van der Waals surface area contributed by atoms with Crippen molar-refractivity contribution in [3.63, 3.8) is 0 Å². The number of nitrogens with one attached hydrogen (secondary N) is 2. The third-order valence-electron chi connectivity index (χ3n) is 5.09. The fourth-order valence-electron chi connectivity index (χ4n) is 3.62. The highest BCUT2D eigenvalue weighted by molar-refractivity contribution is 5.76. The van der Waals surface area contributed by atoms with E-state index in [1.165, 1.54) is 5.56 Å². The highest BCUT2D eigenvalue weighted by Gasteiger charge is 2.37. The standard InChI is InChI=1S/C23H30N2O4/c1-27-14-15-28-17-29-22-20(13-12-18-8-4-2-5-9-18)24-23(26)25-21(22)16-19-10-6-3-7-11-19/h2-11,20-22H,12-17H2,1H3,(H2,24,25,26)/t20?,21-,22-/m1/s1. The van der Waals surface area contributed by atoms with Gasteiger partial charge >= 0.3 is 6.03 Å². The van der Waals surface area contributed by atoms with E-state index >= 15 is 0 Å². The molecule has 1 unspecified atom stereocenters. The molecule has 2 aromatic rings. The number of aryl methyl sites for hydroxylation is 1. The number of amides is 2. The Kier molecular flexibility index (Phi) is 8.49. The summed E-state index contributed by atoms with van der Waals surface area (Å²) in [5, 5.41) is 6.09. The minimum atomic E-state index is -0.195. The van der Waals surface area contributed by atoms with Gasteiger partial charge in [-0.2, -0.15) is 0 Å². The van der Waals surface area contributed by atoms with Crippen molar-refractivity contribution in [2.24, 2.45) is 0 Å². The molecular weight excluding hydrogens is 368 g/mol. The summed E-state index contributed by atoms with van der Waals surface area (Å²) < 4.78 is 16.6. The van der Waals surface area contributed by atoms with Gasteiger partial charge in [0.15, 0.2) is 0 Å². The van der Waals surface area contributed by atoms with Crippen molar-refractivity contribution in [1.29, 1.82) is 0 Å². The lowest BCUT2D eigenvalue weighted by atomic mass is 9.91. The normalized spacial score (nSPS) is 21.4. The quantitative estimate of drug-likeness (QED) is 0.451. The third kappa shape index (κ3) is 6.85. The van der Waals surface area contributed by atoms with E-state index in [1.54, 1.807) is 7.11 Å². The number of benzene rings is 2. The molecule has 2 amide bonds. The van der Waals surface area contributed by atoms with Gasteiger partial charge in [-0.1, -0.05) is 60.7 Å². The second-order valence-corrected chi connectivity index (χ2v) is 7.19. The van der Waals surface area contributed by atoms with Crippen LogP contribution in [0, 0.1) is 0 Å². The van der Waals surface area contributed by atoms with Crippen LogP contribution >= 0.6 is 0 Å². The predicted molar refractivity (Wildman–Crippen MR) is 112 cm³/mol. The maximum atomic E-state index is 12.3. The molecule has 0 radical (unpaired) electrons. The smallest absolute Gasteiger partial charge is 0.315 e. The van der Waals surface area contributed by atoms with E-state index in [9.17, 15) is 4.79 Å². The van der Waals surface area contributed by atoms with Gasteiger partial charge in [0, 0.05) is 7.11 Å². The van der Waals surface area contributed by atoms with Crippen LogP contribution in [0.3, 0.4) is 0 Å². The first kappa shape index (κ1) is 21.3. The van der Waals surface area contributed by atoms with E-state index in [0.29, 0.717) is 19.6 Å². The van der Waals surface area contributed by atoms with Crippen molar-refractivity contribution >= 4 is 6.03 Å². The molecule has 6 nitrogen and oxygen atoms in total.